The Morgan fingerprint density at radius 1 is 1.07 bits per heavy atom. The number of hydrogen-bond donors (Lipinski definition) is 1. The Morgan fingerprint density at radius 3 is 2.59 bits per heavy atom. The van der Waals surface area contributed by atoms with Gasteiger partial charge in [-0.25, -0.2) is 4.68 Å². The number of halogens is 1. The summed E-state index contributed by atoms with van der Waals surface area (Å²) >= 11 is 5.92. The molecule has 0 amide bonds. The number of Topliss-reactive ketones (excluding diaryl/α,β-unsaturated/α-hetero) is 1. The van der Waals surface area contributed by atoms with E-state index in [0.29, 0.717) is 22.2 Å². The fourth-order valence-electron chi connectivity index (χ4n) is 2.46. The lowest BCUT2D eigenvalue weighted by Crippen LogP contribution is -2.01. The average molecular weight is 381 g/mol. The normalized spacial score (nSPS) is 10.7. The third kappa shape index (κ3) is 3.53. The molecule has 0 saturated heterocycles. The number of benzene rings is 2. The lowest BCUT2D eigenvalue weighted by molar-refractivity contribution is 0.101. The molecule has 4 aromatic rings. The molecule has 0 spiro atoms. The molecule has 27 heavy (non-hydrogen) atoms. The molecule has 2 heterocycles. The molecule has 0 aliphatic heterocycles. The Bertz CT molecular complexity index is 1090. The lowest BCUT2D eigenvalue weighted by atomic mass is 10.2. The van der Waals surface area contributed by atoms with Gasteiger partial charge >= 0.3 is 0 Å². The third-order valence-electron chi connectivity index (χ3n) is 3.73. The van der Waals surface area contributed by atoms with Crippen LogP contribution in [0.5, 0.6) is 0 Å². The van der Waals surface area contributed by atoms with Crippen molar-refractivity contribution in [2.24, 2.45) is 0 Å². The Balaban J connectivity index is 1.68. The molecule has 134 valence electrons. The average Bonchev–Trinajstić information content (AvgIpc) is 3.33. The van der Waals surface area contributed by atoms with Gasteiger partial charge in [0, 0.05) is 17.6 Å². The fourth-order valence-corrected chi connectivity index (χ4v) is 2.59. The van der Waals surface area contributed by atoms with E-state index in [1.54, 1.807) is 24.3 Å². The molecule has 2 aromatic heterocycles. The van der Waals surface area contributed by atoms with Crippen molar-refractivity contribution in [1.82, 2.24) is 35.2 Å². The molecule has 0 aliphatic carbocycles. The first-order valence-corrected chi connectivity index (χ1v) is 8.32. The molecule has 4 rings (SSSR count). The molecule has 0 fully saturated rings. The van der Waals surface area contributed by atoms with Gasteiger partial charge in [0.15, 0.2) is 17.3 Å². The zero-order chi connectivity index (χ0) is 18.8. The number of carbonyl (C=O) groups excluding carboxylic acids is 1. The first kappa shape index (κ1) is 16.9. The number of aromatic nitrogens is 7. The zero-order valence-electron chi connectivity index (χ0n) is 14.1. The number of hydrogen-bond acceptors (Lipinski definition) is 7. The smallest absolute Gasteiger partial charge is 0.184 e. The van der Waals surface area contributed by atoms with E-state index in [2.05, 4.69) is 31.0 Å². The van der Waals surface area contributed by atoms with E-state index in [1.807, 2.05) is 24.3 Å². The van der Waals surface area contributed by atoms with E-state index in [9.17, 15) is 4.79 Å². The van der Waals surface area contributed by atoms with Crippen molar-refractivity contribution in [2.45, 2.75) is 6.92 Å². The maximum Gasteiger partial charge on any atom is 0.184 e. The number of rotatable bonds is 5. The van der Waals surface area contributed by atoms with E-state index in [1.165, 1.54) is 22.7 Å². The van der Waals surface area contributed by atoms with Gasteiger partial charge in [-0.3, -0.25) is 4.79 Å². The van der Waals surface area contributed by atoms with Crippen molar-refractivity contribution in [2.75, 3.05) is 5.32 Å². The molecule has 0 saturated carbocycles. The summed E-state index contributed by atoms with van der Waals surface area (Å²) in [6.45, 7) is 1.44. The highest BCUT2D eigenvalue weighted by Gasteiger charge is 2.16. The number of nitrogens with zero attached hydrogens (tertiary/aromatic N) is 7. The van der Waals surface area contributed by atoms with E-state index in [-0.39, 0.29) is 11.5 Å². The second kappa shape index (κ2) is 6.96. The van der Waals surface area contributed by atoms with Gasteiger partial charge in [0.2, 0.25) is 0 Å². The minimum absolute atomic E-state index is 0.200. The molecule has 1 N–H and O–H groups in total. The zero-order valence-corrected chi connectivity index (χ0v) is 14.9. The number of nitrogens with one attached hydrogen (secondary N) is 1. The molecule has 0 atom stereocenters. The van der Waals surface area contributed by atoms with Crippen LogP contribution in [0.25, 0.3) is 11.4 Å². The Morgan fingerprint density at radius 2 is 1.89 bits per heavy atom. The van der Waals surface area contributed by atoms with Crippen molar-refractivity contribution in [3.05, 3.63) is 65.6 Å². The monoisotopic (exact) mass is 380 g/mol. The molecule has 0 radical (unpaired) electrons. The second-order valence-corrected chi connectivity index (χ2v) is 6.09. The molecule has 0 bridgehead atoms. The first-order valence-electron chi connectivity index (χ1n) is 7.95. The summed E-state index contributed by atoms with van der Waals surface area (Å²) in [4.78, 5) is 13.4. The minimum atomic E-state index is -0.200. The van der Waals surface area contributed by atoms with Crippen LogP contribution in [0.3, 0.4) is 0 Å². The molecular formula is C17H13ClN8O. The standard InChI is InChI=1S/C17H13ClN8O/c1-11(27)16-17(22-26(21-16)14-7-5-12(18)6-8-14)20-13-3-2-4-15(9-13)25-10-19-23-24-25/h2-10H,1H3,(H,20,22). The van der Waals surface area contributed by atoms with Crippen LogP contribution in [-0.2, 0) is 0 Å². The molecular weight excluding hydrogens is 368 g/mol. The number of carbonyl (C=O) groups is 1. The van der Waals surface area contributed by atoms with Crippen molar-refractivity contribution in [3.8, 4) is 11.4 Å². The van der Waals surface area contributed by atoms with Gasteiger partial charge in [-0.2, -0.15) is 0 Å². The molecule has 9 nitrogen and oxygen atoms in total. The summed E-state index contributed by atoms with van der Waals surface area (Å²) in [7, 11) is 0. The van der Waals surface area contributed by atoms with Crippen LogP contribution in [-0.4, -0.2) is 41.0 Å². The summed E-state index contributed by atoms with van der Waals surface area (Å²) in [5, 5.41) is 23.5. The van der Waals surface area contributed by atoms with Crippen LogP contribution in [0.2, 0.25) is 5.02 Å². The lowest BCUT2D eigenvalue weighted by Gasteiger charge is -2.06. The Kier molecular flexibility index (Phi) is 4.35. The molecule has 2 aromatic carbocycles. The highest BCUT2D eigenvalue weighted by Crippen LogP contribution is 2.22. The van der Waals surface area contributed by atoms with Crippen molar-refractivity contribution < 1.29 is 4.79 Å². The quantitative estimate of drug-likeness (QED) is 0.531. The third-order valence-corrected chi connectivity index (χ3v) is 3.98. The Labute approximate surface area is 158 Å². The van der Waals surface area contributed by atoms with Gasteiger partial charge in [0.05, 0.1) is 11.4 Å². The number of anilines is 2. The minimum Gasteiger partial charge on any atom is -0.337 e. The summed E-state index contributed by atoms with van der Waals surface area (Å²) < 4.78 is 1.53. The van der Waals surface area contributed by atoms with E-state index < -0.39 is 0 Å². The highest BCUT2D eigenvalue weighted by atomic mass is 35.5. The number of ketones is 1. The van der Waals surface area contributed by atoms with E-state index >= 15 is 0 Å². The predicted octanol–water partition coefficient (Wildman–Crippen LogP) is 2.84. The van der Waals surface area contributed by atoms with E-state index in [4.69, 9.17) is 11.6 Å². The van der Waals surface area contributed by atoms with Crippen molar-refractivity contribution >= 4 is 28.9 Å². The highest BCUT2D eigenvalue weighted by molar-refractivity contribution is 6.30. The molecule has 0 unspecified atom stereocenters. The van der Waals surface area contributed by atoms with Gasteiger partial charge in [0.1, 0.15) is 6.33 Å². The van der Waals surface area contributed by atoms with Crippen LogP contribution in [0.15, 0.2) is 54.9 Å². The Hall–Kier alpha value is -3.59. The van der Waals surface area contributed by atoms with Gasteiger partial charge in [-0.05, 0) is 52.9 Å². The van der Waals surface area contributed by atoms with Crippen LogP contribution < -0.4 is 5.32 Å². The van der Waals surface area contributed by atoms with E-state index in [0.717, 1.165) is 5.69 Å². The summed E-state index contributed by atoms with van der Waals surface area (Å²) in [5.41, 5.74) is 2.41. The second-order valence-electron chi connectivity index (χ2n) is 5.65. The molecule has 0 aliphatic rings. The summed E-state index contributed by atoms with van der Waals surface area (Å²) in [5.74, 6) is 0.153. The maximum atomic E-state index is 12.0. The van der Waals surface area contributed by atoms with Crippen LogP contribution in [0, 0.1) is 0 Å². The summed E-state index contributed by atoms with van der Waals surface area (Å²) in [6, 6.07) is 14.4. The van der Waals surface area contributed by atoms with Gasteiger partial charge < -0.3 is 5.32 Å². The largest absolute Gasteiger partial charge is 0.337 e. The maximum absolute atomic E-state index is 12.0. The van der Waals surface area contributed by atoms with Gasteiger partial charge in [-0.15, -0.1) is 20.1 Å². The fraction of sp³-hybridized carbons (Fsp3) is 0.0588. The number of tetrazole rings is 1. The van der Waals surface area contributed by atoms with Gasteiger partial charge in [-0.1, -0.05) is 17.7 Å². The van der Waals surface area contributed by atoms with Gasteiger partial charge in [0.25, 0.3) is 0 Å². The van der Waals surface area contributed by atoms with Crippen LogP contribution in [0.4, 0.5) is 11.5 Å². The van der Waals surface area contributed by atoms with Crippen LogP contribution >= 0.6 is 11.6 Å². The summed E-state index contributed by atoms with van der Waals surface area (Å²) in [6.07, 6.45) is 1.50. The van der Waals surface area contributed by atoms with Crippen LogP contribution in [0.1, 0.15) is 17.4 Å². The van der Waals surface area contributed by atoms with Crippen molar-refractivity contribution in [3.63, 3.8) is 0 Å². The SMILES string of the molecule is CC(=O)c1nn(-c2ccc(Cl)cc2)nc1Nc1cccc(-n2cnnn2)c1. The van der Waals surface area contributed by atoms with Crippen molar-refractivity contribution in [1.29, 1.82) is 0 Å². The molecule has 10 heteroatoms. The predicted molar refractivity (Wildman–Crippen MR) is 98.8 cm³/mol. The first-order chi connectivity index (χ1) is 13.1. The topological polar surface area (TPSA) is 103 Å².